The molecular weight excluding hydrogens is 170 g/mol. The first kappa shape index (κ1) is 8.96. The van der Waals surface area contributed by atoms with E-state index in [9.17, 15) is 0 Å². The Morgan fingerprint density at radius 3 is 3.21 bits per heavy atom. The number of fused-ring (bicyclic) bond motifs is 1. The molecule has 1 nitrogen and oxygen atoms in total. The van der Waals surface area contributed by atoms with E-state index in [2.05, 4.69) is 18.3 Å². The molecule has 1 saturated heterocycles. The average molecular weight is 191 g/mol. The minimum atomic E-state index is 0.801. The Balaban J connectivity index is 1.73. The van der Waals surface area contributed by atoms with Crippen molar-refractivity contribution in [2.75, 3.05) is 6.54 Å². The lowest BCUT2D eigenvalue weighted by Crippen LogP contribution is -2.26. The summed E-state index contributed by atoms with van der Waals surface area (Å²) in [5.74, 6) is 3.03. The van der Waals surface area contributed by atoms with Crippen LogP contribution in [0.5, 0.6) is 0 Å². The molecule has 14 heavy (non-hydrogen) atoms. The Hall–Kier alpha value is -0.300. The molecule has 0 aromatic heterocycles. The van der Waals surface area contributed by atoms with Crippen LogP contribution in [0.4, 0.5) is 0 Å². The van der Waals surface area contributed by atoms with Crippen LogP contribution in [0, 0.1) is 17.8 Å². The minimum Gasteiger partial charge on any atom is -0.310 e. The van der Waals surface area contributed by atoms with Gasteiger partial charge in [0, 0.05) is 6.04 Å². The van der Waals surface area contributed by atoms with Gasteiger partial charge in [-0.3, -0.25) is 0 Å². The van der Waals surface area contributed by atoms with Crippen molar-refractivity contribution < 1.29 is 0 Å². The summed E-state index contributed by atoms with van der Waals surface area (Å²) in [6.07, 6.45) is 9.58. The first-order valence-electron chi connectivity index (χ1n) is 6.33. The summed E-state index contributed by atoms with van der Waals surface area (Å²) in [7, 11) is 0. The van der Waals surface area contributed by atoms with Gasteiger partial charge in [-0.1, -0.05) is 31.4 Å². The van der Waals surface area contributed by atoms with Crippen molar-refractivity contribution in [3.05, 3.63) is 11.6 Å². The van der Waals surface area contributed by atoms with Gasteiger partial charge in [0.2, 0.25) is 0 Å². The topological polar surface area (TPSA) is 12.0 Å². The second kappa shape index (κ2) is 3.37. The van der Waals surface area contributed by atoms with Crippen molar-refractivity contribution in [2.24, 2.45) is 17.8 Å². The van der Waals surface area contributed by atoms with Crippen LogP contribution in [0.15, 0.2) is 11.6 Å². The van der Waals surface area contributed by atoms with E-state index in [4.69, 9.17) is 0 Å². The molecule has 0 amide bonds. The van der Waals surface area contributed by atoms with Gasteiger partial charge in [0.05, 0.1) is 0 Å². The first-order chi connectivity index (χ1) is 6.90. The zero-order valence-corrected chi connectivity index (χ0v) is 9.13. The standard InChI is InChI=1S/C13H21N/c1-2-3-4-5-11-9-6-10-8-14-13(11)12(10)7-9/h5,9-10,12-14H,2-4,6-8H2,1H3/b11-5-. The molecular formula is C13H21N. The van der Waals surface area contributed by atoms with E-state index >= 15 is 0 Å². The van der Waals surface area contributed by atoms with E-state index in [1.165, 1.54) is 38.6 Å². The fourth-order valence-corrected chi connectivity index (χ4v) is 3.89. The summed E-state index contributed by atoms with van der Waals surface area (Å²) in [4.78, 5) is 0. The summed E-state index contributed by atoms with van der Waals surface area (Å²) in [5.41, 5.74) is 1.79. The fourth-order valence-electron chi connectivity index (χ4n) is 3.89. The van der Waals surface area contributed by atoms with Gasteiger partial charge in [-0.25, -0.2) is 0 Å². The van der Waals surface area contributed by atoms with Crippen LogP contribution in [0.1, 0.15) is 39.0 Å². The number of unbranched alkanes of at least 4 members (excludes halogenated alkanes) is 2. The van der Waals surface area contributed by atoms with Crippen LogP contribution >= 0.6 is 0 Å². The van der Waals surface area contributed by atoms with Crippen LogP contribution in [-0.2, 0) is 0 Å². The molecule has 1 heterocycles. The van der Waals surface area contributed by atoms with Gasteiger partial charge in [-0.05, 0) is 43.6 Å². The maximum atomic E-state index is 3.72. The van der Waals surface area contributed by atoms with Crippen molar-refractivity contribution in [1.29, 1.82) is 0 Å². The van der Waals surface area contributed by atoms with E-state index in [1.807, 2.05) is 0 Å². The Kier molecular flexibility index (Phi) is 2.16. The van der Waals surface area contributed by atoms with Crippen molar-refractivity contribution in [3.63, 3.8) is 0 Å². The van der Waals surface area contributed by atoms with E-state index in [0.717, 1.165) is 23.8 Å². The molecule has 0 aromatic rings. The van der Waals surface area contributed by atoms with Gasteiger partial charge >= 0.3 is 0 Å². The zero-order chi connectivity index (χ0) is 9.54. The molecule has 0 aromatic carbocycles. The van der Waals surface area contributed by atoms with Crippen LogP contribution in [0.3, 0.4) is 0 Å². The summed E-state index contributed by atoms with van der Waals surface area (Å²) in [6.45, 7) is 3.58. The molecule has 78 valence electrons. The predicted molar refractivity (Wildman–Crippen MR) is 59.1 cm³/mol. The molecule has 4 unspecified atom stereocenters. The second-order valence-electron chi connectivity index (χ2n) is 5.32. The Bertz CT molecular complexity index is 254. The van der Waals surface area contributed by atoms with Gasteiger partial charge in [0.15, 0.2) is 0 Å². The van der Waals surface area contributed by atoms with Crippen molar-refractivity contribution in [3.8, 4) is 0 Å². The lowest BCUT2D eigenvalue weighted by molar-refractivity contribution is 0.438. The zero-order valence-electron chi connectivity index (χ0n) is 9.13. The molecule has 1 N–H and O–H groups in total. The highest BCUT2D eigenvalue weighted by Gasteiger charge is 2.52. The SMILES string of the molecule is CCCC/C=C1/C2CC3CNC1C3C2. The summed E-state index contributed by atoms with van der Waals surface area (Å²) in [6, 6.07) is 0.801. The fraction of sp³-hybridized carbons (Fsp3) is 0.846. The average Bonchev–Trinajstić information content (AvgIpc) is 2.76. The van der Waals surface area contributed by atoms with Gasteiger partial charge < -0.3 is 5.32 Å². The van der Waals surface area contributed by atoms with Crippen LogP contribution < -0.4 is 5.32 Å². The molecule has 2 bridgehead atoms. The van der Waals surface area contributed by atoms with Gasteiger partial charge in [-0.2, -0.15) is 0 Å². The highest BCUT2D eigenvalue weighted by molar-refractivity contribution is 5.29. The quantitative estimate of drug-likeness (QED) is 0.534. The van der Waals surface area contributed by atoms with E-state index in [-0.39, 0.29) is 0 Å². The van der Waals surface area contributed by atoms with Gasteiger partial charge in [0.25, 0.3) is 0 Å². The Morgan fingerprint density at radius 1 is 1.43 bits per heavy atom. The van der Waals surface area contributed by atoms with Crippen LogP contribution in [0.2, 0.25) is 0 Å². The van der Waals surface area contributed by atoms with Crippen LogP contribution in [0.25, 0.3) is 0 Å². The van der Waals surface area contributed by atoms with Gasteiger partial charge in [0.1, 0.15) is 0 Å². The van der Waals surface area contributed by atoms with Crippen molar-refractivity contribution >= 4 is 0 Å². The second-order valence-corrected chi connectivity index (χ2v) is 5.32. The highest BCUT2D eigenvalue weighted by atomic mass is 15.0. The molecule has 1 heteroatoms. The van der Waals surface area contributed by atoms with E-state index in [1.54, 1.807) is 5.57 Å². The molecule has 2 saturated carbocycles. The van der Waals surface area contributed by atoms with E-state index in [0.29, 0.717) is 0 Å². The largest absolute Gasteiger partial charge is 0.310 e. The lowest BCUT2D eigenvalue weighted by Gasteiger charge is -2.20. The first-order valence-corrected chi connectivity index (χ1v) is 6.33. The maximum absolute atomic E-state index is 3.72. The number of hydrogen-bond acceptors (Lipinski definition) is 1. The maximum Gasteiger partial charge on any atom is 0.0314 e. The minimum absolute atomic E-state index is 0.801. The predicted octanol–water partition coefficient (Wildman–Crippen LogP) is 2.73. The molecule has 3 fully saturated rings. The third-order valence-corrected chi connectivity index (χ3v) is 4.55. The summed E-state index contributed by atoms with van der Waals surface area (Å²) < 4.78 is 0. The van der Waals surface area contributed by atoms with Crippen LogP contribution in [-0.4, -0.2) is 12.6 Å². The van der Waals surface area contributed by atoms with Crippen molar-refractivity contribution in [1.82, 2.24) is 5.32 Å². The van der Waals surface area contributed by atoms with Crippen molar-refractivity contribution in [2.45, 2.75) is 45.1 Å². The highest BCUT2D eigenvalue weighted by Crippen LogP contribution is 2.54. The Labute approximate surface area is 87.0 Å². The molecule has 4 atom stereocenters. The summed E-state index contributed by atoms with van der Waals surface area (Å²) >= 11 is 0. The molecule has 3 rings (SSSR count). The number of rotatable bonds is 3. The number of hydrogen-bond donors (Lipinski definition) is 1. The number of allylic oxidation sites excluding steroid dienone is 1. The van der Waals surface area contributed by atoms with E-state index < -0.39 is 0 Å². The Morgan fingerprint density at radius 2 is 2.36 bits per heavy atom. The molecule has 0 spiro atoms. The van der Waals surface area contributed by atoms with Gasteiger partial charge in [-0.15, -0.1) is 0 Å². The smallest absolute Gasteiger partial charge is 0.0314 e. The molecule has 3 aliphatic rings. The monoisotopic (exact) mass is 191 g/mol. The lowest BCUT2D eigenvalue weighted by atomic mass is 9.86. The molecule has 2 aliphatic carbocycles. The normalized spacial score (nSPS) is 46.8. The number of nitrogens with one attached hydrogen (secondary N) is 1. The summed E-state index contributed by atoms with van der Waals surface area (Å²) in [5, 5.41) is 3.72. The third-order valence-electron chi connectivity index (χ3n) is 4.55. The third kappa shape index (κ3) is 1.18. The molecule has 0 radical (unpaired) electrons. The molecule has 1 aliphatic heterocycles.